The Labute approximate surface area is 216 Å². The molecule has 1 heterocycles. The highest BCUT2D eigenvalue weighted by molar-refractivity contribution is 14.1. The van der Waals surface area contributed by atoms with Crippen LogP contribution < -0.4 is 4.74 Å². The number of thioether (sulfide) groups is 1. The Hall–Kier alpha value is -1.67. The van der Waals surface area contributed by atoms with E-state index in [2.05, 4.69) is 45.2 Å². The molecule has 10 heteroatoms. The highest BCUT2D eigenvalue weighted by Crippen LogP contribution is 2.35. The van der Waals surface area contributed by atoms with Gasteiger partial charge in [0.25, 0.3) is 11.1 Å². The Morgan fingerprint density at radius 2 is 1.78 bits per heavy atom. The summed E-state index contributed by atoms with van der Waals surface area (Å²) in [5.74, 6) is -0.779. The number of hydrogen-bond donors (Lipinski definition) is 0. The van der Waals surface area contributed by atoms with Gasteiger partial charge in [0.2, 0.25) is 0 Å². The summed E-state index contributed by atoms with van der Waals surface area (Å²) >= 11 is 5.06. The van der Waals surface area contributed by atoms with E-state index in [-0.39, 0.29) is 23.4 Å². The number of esters is 1. The number of carbonyl (C=O) groups excluding carboxylic acids is 3. The predicted molar refractivity (Wildman–Crippen MR) is 137 cm³/mol. The second kappa shape index (κ2) is 11.0. The smallest absolute Gasteiger partial charge is 0.326 e. The predicted octanol–water partition coefficient (Wildman–Crippen LogP) is 5.60. The molecule has 1 aliphatic heterocycles. The van der Waals surface area contributed by atoms with Gasteiger partial charge in [-0.3, -0.25) is 19.3 Å². The fraction of sp³-hybridized carbons (Fsp3) is 0.227. The first-order chi connectivity index (χ1) is 15.1. The lowest BCUT2D eigenvalue weighted by Gasteiger charge is -2.13. The molecule has 1 fully saturated rings. The summed E-state index contributed by atoms with van der Waals surface area (Å²) < 4.78 is 25.6. The Kier molecular flexibility index (Phi) is 8.55. The van der Waals surface area contributed by atoms with Gasteiger partial charge < -0.3 is 9.47 Å². The van der Waals surface area contributed by atoms with Crippen molar-refractivity contribution in [1.29, 1.82) is 0 Å². The van der Waals surface area contributed by atoms with Crippen molar-refractivity contribution in [1.82, 2.24) is 4.90 Å². The topological polar surface area (TPSA) is 72.9 Å². The summed E-state index contributed by atoms with van der Waals surface area (Å²) in [5.41, 5.74) is 1.56. The molecule has 0 bridgehead atoms. The number of imide groups is 1. The van der Waals surface area contributed by atoms with Crippen LogP contribution >= 0.6 is 56.9 Å². The molecule has 6 nitrogen and oxygen atoms in total. The van der Waals surface area contributed by atoms with E-state index in [4.69, 9.17) is 9.47 Å². The van der Waals surface area contributed by atoms with Crippen LogP contribution in [0.2, 0.25) is 0 Å². The van der Waals surface area contributed by atoms with Gasteiger partial charge in [0.1, 0.15) is 24.7 Å². The van der Waals surface area contributed by atoms with Gasteiger partial charge in [-0.25, -0.2) is 4.39 Å². The molecule has 1 saturated heterocycles. The normalized spacial score (nSPS) is 15.1. The van der Waals surface area contributed by atoms with Crippen molar-refractivity contribution in [2.24, 2.45) is 0 Å². The second-order valence-electron chi connectivity index (χ2n) is 7.04. The van der Waals surface area contributed by atoms with Gasteiger partial charge in [0.05, 0.1) is 18.1 Å². The fourth-order valence-corrected chi connectivity index (χ4v) is 5.72. The van der Waals surface area contributed by atoms with Crippen molar-refractivity contribution >= 4 is 80.1 Å². The van der Waals surface area contributed by atoms with E-state index >= 15 is 0 Å². The third-order valence-electron chi connectivity index (χ3n) is 4.14. The molecule has 2 aromatic carbocycles. The molecule has 0 saturated carbocycles. The van der Waals surface area contributed by atoms with E-state index in [9.17, 15) is 18.8 Å². The molecule has 1 aliphatic rings. The van der Waals surface area contributed by atoms with Crippen LogP contribution in [0.5, 0.6) is 5.75 Å². The number of rotatable bonds is 7. The van der Waals surface area contributed by atoms with Crippen LogP contribution in [0.4, 0.5) is 9.18 Å². The molecule has 0 atom stereocenters. The number of hydrogen-bond acceptors (Lipinski definition) is 6. The van der Waals surface area contributed by atoms with Crippen LogP contribution in [-0.2, 0) is 20.9 Å². The maximum atomic E-state index is 13.1. The Morgan fingerprint density at radius 1 is 1.16 bits per heavy atom. The van der Waals surface area contributed by atoms with E-state index < -0.39 is 23.7 Å². The molecular formula is C22H18FI2NO5S. The number of nitrogens with zero attached hydrogens (tertiary/aromatic N) is 1. The molecular weight excluding hydrogens is 663 g/mol. The lowest BCUT2D eigenvalue weighted by atomic mass is 10.2. The van der Waals surface area contributed by atoms with Crippen molar-refractivity contribution in [2.75, 3.05) is 6.54 Å². The quantitative estimate of drug-likeness (QED) is 0.215. The van der Waals surface area contributed by atoms with Gasteiger partial charge in [-0.1, -0.05) is 12.1 Å². The first-order valence-electron chi connectivity index (χ1n) is 9.45. The molecule has 0 aliphatic carbocycles. The van der Waals surface area contributed by atoms with Crippen molar-refractivity contribution in [3.05, 3.63) is 65.4 Å². The lowest BCUT2D eigenvalue weighted by Crippen LogP contribution is -2.35. The average molecular weight is 681 g/mol. The largest absolute Gasteiger partial charge is 0.487 e. The molecule has 0 unspecified atom stereocenters. The molecule has 2 aromatic rings. The number of halogens is 3. The van der Waals surface area contributed by atoms with Gasteiger partial charge in [-0.05, 0) is 112 Å². The number of benzene rings is 2. The van der Waals surface area contributed by atoms with E-state index in [1.807, 2.05) is 12.1 Å². The lowest BCUT2D eigenvalue weighted by molar-refractivity contribution is -0.149. The van der Waals surface area contributed by atoms with Crippen LogP contribution in [0.15, 0.2) is 41.3 Å². The number of amides is 2. The minimum absolute atomic E-state index is 0.235. The first kappa shape index (κ1) is 25.0. The summed E-state index contributed by atoms with van der Waals surface area (Å²) in [6.07, 6.45) is 1.29. The van der Waals surface area contributed by atoms with Gasteiger partial charge in [-0.2, -0.15) is 0 Å². The zero-order chi connectivity index (χ0) is 23.4. The molecule has 2 amide bonds. The maximum absolute atomic E-state index is 13.1. The Balaban J connectivity index is 1.73. The summed E-state index contributed by atoms with van der Waals surface area (Å²) in [7, 11) is 0. The second-order valence-corrected chi connectivity index (χ2v) is 10.4. The number of carbonyl (C=O) groups is 3. The van der Waals surface area contributed by atoms with Gasteiger partial charge in [0, 0.05) is 0 Å². The molecule has 0 radical (unpaired) electrons. The summed E-state index contributed by atoms with van der Waals surface area (Å²) in [5, 5.41) is -0.509. The van der Waals surface area contributed by atoms with E-state index in [1.54, 1.807) is 32.1 Å². The third kappa shape index (κ3) is 6.44. The zero-order valence-electron chi connectivity index (χ0n) is 17.1. The van der Waals surface area contributed by atoms with Gasteiger partial charge >= 0.3 is 5.97 Å². The Morgan fingerprint density at radius 3 is 2.38 bits per heavy atom. The average Bonchev–Trinajstić information content (AvgIpc) is 2.95. The summed E-state index contributed by atoms with van der Waals surface area (Å²) in [6, 6.07) is 9.76. The summed E-state index contributed by atoms with van der Waals surface area (Å²) in [6.45, 7) is 3.27. The van der Waals surface area contributed by atoms with Crippen LogP contribution in [0.3, 0.4) is 0 Å². The molecule has 0 spiro atoms. The van der Waals surface area contributed by atoms with Crippen molar-refractivity contribution in [2.45, 2.75) is 26.6 Å². The van der Waals surface area contributed by atoms with Gasteiger partial charge in [0.15, 0.2) is 0 Å². The van der Waals surface area contributed by atoms with Crippen molar-refractivity contribution < 1.29 is 28.2 Å². The highest BCUT2D eigenvalue weighted by atomic mass is 127. The van der Waals surface area contributed by atoms with E-state index in [1.165, 1.54) is 12.1 Å². The van der Waals surface area contributed by atoms with Crippen molar-refractivity contribution in [3.8, 4) is 5.75 Å². The molecule has 3 rings (SSSR count). The van der Waals surface area contributed by atoms with Gasteiger partial charge in [-0.15, -0.1) is 0 Å². The van der Waals surface area contributed by atoms with Crippen LogP contribution in [0.1, 0.15) is 25.0 Å². The number of ether oxygens (including phenoxy) is 2. The molecule has 32 heavy (non-hydrogen) atoms. The van der Waals surface area contributed by atoms with Crippen molar-refractivity contribution in [3.63, 3.8) is 0 Å². The molecule has 0 aromatic heterocycles. The molecule has 168 valence electrons. The minimum Gasteiger partial charge on any atom is -0.487 e. The van der Waals surface area contributed by atoms with E-state index in [0.29, 0.717) is 5.75 Å². The summed E-state index contributed by atoms with van der Waals surface area (Å²) in [4.78, 5) is 37.8. The van der Waals surface area contributed by atoms with Crippen LogP contribution in [0, 0.1) is 13.0 Å². The third-order valence-corrected chi connectivity index (χ3v) is 6.65. The monoisotopic (exact) mass is 681 g/mol. The minimum atomic E-state index is -0.629. The van der Waals surface area contributed by atoms with Crippen LogP contribution in [-0.4, -0.2) is 34.7 Å². The van der Waals surface area contributed by atoms with Crippen LogP contribution in [0.25, 0.3) is 6.08 Å². The zero-order valence-corrected chi connectivity index (χ0v) is 22.2. The first-order valence-corrected chi connectivity index (χ1v) is 12.4. The standard InChI is InChI=1S/C22H18FI2NO5S/c1-12(2)31-19(27)10-26-21(28)18(32-22(26)29)9-14-7-16(24)20(17(25)8-14)30-11-13-3-5-15(23)6-4-13/h3-9,12H,10-11H2,1-2H3/b18-9+. The molecule has 0 N–H and O–H groups in total. The fourth-order valence-electron chi connectivity index (χ4n) is 2.75. The maximum Gasteiger partial charge on any atom is 0.326 e. The van der Waals surface area contributed by atoms with E-state index in [0.717, 1.165) is 34.9 Å². The Bertz CT molecular complexity index is 1070. The SMILES string of the molecule is CC(C)OC(=O)CN1C(=O)S/C(=C/c2cc(I)c(OCc3ccc(F)cc3)c(I)c2)C1=O. The highest BCUT2D eigenvalue weighted by Gasteiger charge is 2.36.